The van der Waals surface area contributed by atoms with E-state index in [1.807, 2.05) is 6.26 Å². The second-order valence-corrected chi connectivity index (χ2v) is 6.43. The fourth-order valence-corrected chi connectivity index (χ4v) is 2.48. The topological polar surface area (TPSA) is 68.3 Å². The van der Waals surface area contributed by atoms with E-state index in [-0.39, 0.29) is 6.10 Å². The van der Waals surface area contributed by atoms with Gasteiger partial charge in [-0.15, -0.1) is 11.8 Å². The van der Waals surface area contributed by atoms with Gasteiger partial charge in [0.1, 0.15) is 16.5 Å². The van der Waals surface area contributed by atoms with Crippen LogP contribution in [0.15, 0.2) is 17.3 Å². The van der Waals surface area contributed by atoms with Crippen LogP contribution in [0.1, 0.15) is 12.8 Å². The number of anilines is 1. The number of ether oxygens (including phenoxy) is 1. The summed E-state index contributed by atoms with van der Waals surface area (Å²) < 4.78 is 30.8. The Morgan fingerprint density at radius 1 is 1.53 bits per heavy atom. The first-order valence-electron chi connectivity index (χ1n) is 5.17. The molecule has 0 aliphatic heterocycles. The molecule has 0 saturated heterocycles. The molecule has 1 heterocycles. The molecule has 17 heavy (non-hydrogen) atoms. The predicted octanol–water partition coefficient (Wildman–Crippen LogP) is 1.72. The molecule has 1 aliphatic carbocycles. The van der Waals surface area contributed by atoms with Gasteiger partial charge in [0.15, 0.2) is 0 Å². The first-order chi connectivity index (χ1) is 7.99. The van der Waals surface area contributed by atoms with Crippen molar-refractivity contribution in [3.8, 4) is 5.75 Å². The highest BCUT2D eigenvalue weighted by Gasteiger charge is 2.26. The summed E-state index contributed by atoms with van der Waals surface area (Å²) in [5, 5.41) is 0.619. The highest BCUT2D eigenvalue weighted by atomic mass is 32.2. The van der Waals surface area contributed by atoms with Crippen LogP contribution in [0, 0.1) is 0 Å². The van der Waals surface area contributed by atoms with Gasteiger partial charge in [0.25, 0.3) is 0 Å². The Balaban J connectivity index is 2.35. The third-order valence-electron chi connectivity index (χ3n) is 2.18. The molecule has 1 aliphatic rings. The van der Waals surface area contributed by atoms with E-state index >= 15 is 0 Å². The van der Waals surface area contributed by atoms with Gasteiger partial charge in [0.05, 0.1) is 12.4 Å². The average Bonchev–Trinajstić information content (AvgIpc) is 3.02. The number of hydrogen-bond acceptors (Lipinski definition) is 5. The average molecular weight is 274 g/mol. The van der Waals surface area contributed by atoms with Crippen LogP contribution in [0.3, 0.4) is 0 Å². The van der Waals surface area contributed by atoms with Gasteiger partial charge in [-0.05, 0) is 19.1 Å². The minimum absolute atomic E-state index is 0.215. The molecule has 1 aromatic heterocycles. The molecule has 0 radical (unpaired) electrons. The highest BCUT2D eigenvalue weighted by Crippen LogP contribution is 2.36. The van der Waals surface area contributed by atoms with Gasteiger partial charge in [-0.25, -0.2) is 13.4 Å². The van der Waals surface area contributed by atoms with Crippen molar-refractivity contribution in [2.45, 2.75) is 24.0 Å². The molecule has 0 spiro atoms. The zero-order valence-corrected chi connectivity index (χ0v) is 11.3. The lowest BCUT2D eigenvalue weighted by Crippen LogP contribution is -2.12. The van der Waals surface area contributed by atoms with E-state index in [2.05, 4.69) is 9.71 Å². The number of sulfonamides is 1. The van der Waals surface area contributed by atoms with Gasteiger partial charge in [-0.2, -0.15) is 0 Å². The smallest absolute Gasteiger partial charge is 0.230 e. The number of rotatable bonds is 5. The number of hydrogen-bond donors (Lipinski definition) is 1. The third kappa shape index (κ3) is 3.50. The molecule has 1 aromatic rings. The van der Waals surface area contributed by atoms with Crippen LogP contribution in [0.25, 0.3) is 0 Å². The molecular weight excluding hydrogens is 260 g/mol. The molecule has 0 aromatic carbocycles. The molecular formula is C10H14N2O3S2. The number of thioether (sulfide) groups is 1. The summed E-state index contributed by atoms with van der Waals surface area (Å²) in [5.74, 6) is 0.553. The lowest BCUT2D eigenvalue weighted by molar-refractivity contribution is 0.304. The lowest BCUT2D eigenvalue weighted by Gasteiger charge is -2.13. The van der Waals surface area contributed by atoms with Crippen LogP contribution >= 0.6 is 11.8 Å². The van der Waals surface area contributed by atoms with E-state index in [1.54, 1.807) is 12.3 Å². The number of nitrogens with zero attached hydrogens (tertiary/aromatic N) is 1. The van der Waals surface area contributed by atoms with Gasteiger partial charge < -0.3 is 4.74 Å². The van der Waals surface area contributed by atoms with Crippen LogP contribution in [-0.2, 0) is 10.0 Å². The number of aromatic nitrogens is 1. The van der Waals surface area contributed by atoms with E-state index in [1.165, 1.54) is 11.8 Å². The summed E-state index contributed by atoms with van der Waals surface area (Å²) in [6.07, 6.45) is 6.84. The Kier molecular flexibility index (Phi) is 3.48. The molecule has 0 atom stereocenters. The lowest BCUT2D eigenvalue weighted by atomic mass is 10.4. The van der Waals surface area contributed by atoms with Gasteiger partial charge in [0.2, 0.25) is 10.0 Å². The van der Waals surface area contributed by atoms with Crippen molar-refractivity contribution < 1.29 is 13.2 Å². The highest BCUT2D eigenvalue weighted by molar-refractivity contribution is 7.98. The van der Waals surface area contributed by atoms with Crippen LogP contribution in [0.2, 0.25) is 0 Å². The Morgan fingerprint density at radius 3 is 2.76 bits per heavy atom. The molecule has 1 saturated carbocycles. The quantitative estimate of drug-likeness (QED) is 0.828. The fourth-order valence-electron chi connectivity index (χ4n) is 1.32. The van der Waals surface area contributed by atoms with E-state index in [0.29, 0.717) is 16.5 Å². The molecule has 7 heteroatoms. The molecule has 0 unspecified atom stereocenters. The maximum absolute atomic E-state index is 11.3. The molecule has 2 rings (SSSR count). The molecule has 1 fully saturated rings. The van der Waals surface area contributed by atoms with Crippen LogP contribution in [-0.4, -0.2) is 32.0 Å². The molecule has 94 valence electrons. The van der Waals surface area contributed by atoms with Gasteiger partial charge in [-0.1, -0.05) is 0 Å². The first-order valence-corrected chi connectivity index (χ1v) is 8.28. The van der Waals surface area contributed by atoms with Crippen LogP contribution < -0.4 is 9.46 Å². The van der Waals surface area contributed by atoms with E-state index in [0.717, 1.165) is 19.1 Å². The molecule has 0 amide bonds. The van der Waals surface area contributed by atoms with Crippen molar-refractivity contribution in [2.75, 3.05) is 17.2 Å². The van der Waals surface area contributed by atoms with Crippen molar-refractivity contribution in [3.63, 3.8) is 0 Å². The number of pyridine rings is 1. The number of nitrogens with one attached hydrogen (secondary N) is 1. The van der Waals surface area contributed by atoms with Crippen molar-refractivity contribution in [1.29, 1.82) is 0 Å². The second kappa shape index (κ2) is 4.73. The van der Waals surface area contributed by atoms with Gasteiger partial charge in [-0.3, -0.25) is 4.72 Å². The molecule has 1 N–H and O–H groups in total. The van der Waals surface area contributed by atoms with E-state index < -0.39 is 10.0 Å². The first kappa shape index (κ1) is 12.5. The molecule has 5 nitrogen and oxygen atoms in total. The second-order valence-electron chi connectivity index (χ2n) is 3.88. The zero-order valence-electron chi connectivity index (χ0n) is 9.63. The minimum Gasteiger partial charge on any atom is -0.488 e. The van der Waals surface area contributed by atoms with Gasteiger partial charge in [0, 0.05) is 12.3 Å². The standard InChI is InChI=1S/C10H14N2O3S2/c1-16-10-9(12-17(2,13)14)8(5-6-11-10)15-7-3-4-7/h5-7,12H,3-4H2,1-2H3. The van der Waals surface area contributed by atoms with Crippen LogP contribution in [0.5, 0.6) is 5.75 Å². The Labute approximate surface area is 105 Å². The summed E-state index contributed by atoms with van der Waals surface area (Å²) >= 11 is 1.38. The summed E-state index contributed by atoms with van der Waals surface area (Å²) in [5.41, 5.74) is 0.439. The summed E-state index contributed by atoms with van der Waals surface area (Å²) in [6, 6.07) is 1.69. The maximum atomic E-state index is 11.3. The van der Waals surface area contributed by atoms with Crippen molar-refractivity contribution >= 4 is 27.5 Å². The zero-order chi connectivity index (χ0) is 12.5. The Bertz CT molecular complexity index is 512. The molecule has 0 bridgehead atoms. The SMILES string of the molecule is CSc1nccc(OC2CC2)c1NS(C)(=O)=O. The monoisotopic (exact) mass is 274 g/mol. The van der Waals surface area contributed by atoms with Gasteiger partial charge >= 0.3 is 0 Å². The largest absolute Gasteiger partial charge is 0.488 e. The predicted molar refractivity (Wildman–Crippen MR) is 68.1 cm³/mol. The van der Waals surface area contributed by atoms with E-state index in [9.17, 15) is 8.42 Å². The minimum atomic E-state index is -3.33. The maximum Gasteiger partial charge on any atom is 0.230 e. The van der Waals surface area contributed by atoms with Crippen LogP contribution in [0.4, 0.5) is 5.69 Å². The Morgan fingerprint density at radius 2 is 2.24 bits per heavy atom. The summed E-state index contributed by atoms with van der Waals surface area (Å²) in [6.45, 7) is 0. The Hall–Kier alpha value is -0.950. The summed E-state index contributed by atoms with van der Waals surface area (Å²) in [7, 11) is -3.33. The van der Waals surface area contributed by atoms with Crippen molar-refractivity contribution in [1.82, 2.24) is 4.98 Å². The summed E-state index contributed by atoms with van der Waals surface area (Å²) in [4.78, 5) is 4.13. The third-order valence-corrected chi connectivity index (χ3v) is 3.45. The van der Waals surface area contributed by atoms with Crippen molar-refractivity contribution in [2.24, 2.45) is 0 Å². The normalized spacial score (nSPS) is 15.6. The van der Waals surface area contributed by atoms with Crippen molar-refractivity contribution in [3.05, 3.63) is 12.3 Å². The van der Waals surface area contributed by atoms with E-state index in [4.69, 9.17) is 4.74 Å². The fraction of sp³-hybridized carbons (Fsp3) is 0.500.